The van der Waals surface area contributed by atoms with Crippen LogP contribution in [0.2, 0.25) is 0 Å². The van der Waals surface area contributed by atoms with E-state index < -0.39 is 12.1 Å². The molecule has 0 radical (unpaired) electrons. The van der Waals surface area contributed by atoms with E-state index in [2.05, 4.69) is 15.6 Å². The van der Waals surface area contributed by atoms with E-state index >= 15 is 0 Å². The lowest BCUT2D eigenvalue weighted by atomic mass is 10.3. The number of aliphatic hydroxyl groups excluding tert-OH is 1. The van der Waals surface area contributed by atoms with Crippen molar-refractivity contribution >= 4 is 28.2 Å². The molecule has 6 nitrogen and oxygen atoms in total. The molecule has 20 heavy (non-hydrogen) atoms. The van der Waals surface area contributed by atoms with Crippen LogP contribution < -0.4 is 15.4 Å². The van der Waals surface area contributed by atoms with E-state index in [0.717, 1.165) is 0 Å². The van der Waals surface area contributed by atoms with Crippen LogP contribution in [0, 0.1) is 0 Å². The molecule has 7 heteroatoms. The van der Waals surface area contributed by atoms with Crippen molar-refractivity contribution in [2.75, 3.05) is 17.7 Å². The molecule has 0 saturated heterocycles. The second-order valence-corrected chi connectivity index (χ2v) is 4.89. The highest BCUT2D eigenvalue weighted by atomic mass is 32.1. The van der Waals surface area contributed by atoms with E-state index in [1.54, 1.807) is 30.5 Å². The molecule has 0 aliphatic heterocycles. The second kappa shape index (κ2) is 6.36. The molecule has 2 amide bonds. The predicted molar refractivity (Wildman–Crippen MR) is 78.4 cm³/mol. The number of nitrogens with zero attached hydrogens (tertiary/aromatic N) is 1. The molecular formula is C13H15N3O3S. The molecule has 0 spiro atoms. The van der Waals surface area contributed by atoms with Crippen LogP contribution >= 0.6 is 11.3 Å². The number of amides is 2. The number of ether oxygens (including phenoxy) is 1. The average molecular weight is 293 g/mol. The van der Waals surface area contributed by atoms with Crippen molar-refractivity contribution in [3.8, 4) is 5.75 Å². The fourth-order valence-electron chi connectivity index (χ4n) is 1.53. The normalized spacial score (nSPS) is 11.8. The highest BCUT2D eigenvalue weighted by Gasteiger charge is 2.11. The Labute approximate surface area is 120 Å². The number of benzene rings is 1. The summed E-state index contributed by atoms with van der Waals surface area (Å²) < 4.78 is 5.14. The molecule has 0 bridgehead atoms. The van der Waals surface area contributed by atoms with Gasteiger partial charge in [-0.1, -0.05) is 12.1 Å². The van der Waals surface area contributed by atoms with E-state index in [4.69, 9.17) is 4.74 Å². The lowest BCUT2D eigenvalue weighted by Gasteiger charge is -2.09. The van der Waals surface area contributed by atoms with Crippen molar-refractivity contribution in [3.63, 3.8) is 0 Å². The quantitative estimate of drug-likeness (QED) is 0.809. The van der Waals surface area contributed by atoms with Crippen LogP contribution in [0.3, 0.4) is 0 Å². The number of carbonyl (C=O) groups is 1. The predicted octanol–water partition coefficient (Wildman–Crippen LogP) is 2.85. The monoisotopic (exact) mass is 293 g/mol. The van der Waals surface area contributed by atoms with Gasteiger partial charge in [0.15, 0.2) is 5.13 Å². The number of carbonyl (C=O) groups excluding carboxylic acids is 1. The Bertz CT molecular complexity index is 598. The maximum Gasteiger partial charge on any atom is 0.325 e. The Kier molecular flexibility index (Phi) is 4.54. The fraction of sp³-hybridized carbons (Fsp3) is 0.231. The summed E-state index contributed by atoms with van der Waals surface area (Å²) >= 11 is 1.25. The van der Waals surface area contributed by atoms with Crippen molar-refractivity contribution in [1.29, 1.82) is 0 Å². The lowest BCUT2D eigenvalue weighted by molar-refractivity contribution is 0.195. The van der Waals surface area contributed by atoms with E-state index in [0.29, 0.717) is 22.3 Å². The van der Waals surface area contributed by atoms with Gasteiger partial charge in [0.05, 0.1) is 24.6 Å². The van der Waals surface area contributed by atoms with Crippen LogP contribution in [0.15, 0.2) is 29.6 Å². The van der Waals surface area contributed by atoms with Crippen molar-refractivity contribution in [3.05, 3.63) is 35.3 Å². The minimum Gasteiger partial charge on any atom is -0.495 e. The number of anilines is 2. The van der Waals surface area contributed by atoms with Gasteiger partial charge in [0, 0.05) is 5.38 Å². The van der Waals surface area contributed by atoms with E-state index in [-0.39, 0.29) is 0 Å². The van der Waals surface area contributed by atoms with E-state index in [1.165, 1.54) is 18.4 Å². The molecular weight excluding hydrogens is 278 g/mol. The number of hydrogen-bond acceptors (Lipinski definition) is 5. The van der Waals surface area contributed by atoms with Gasteiger partial charge in [-0.05, 0) is 19.1 Å². The molecule has 0 aliphatic rings. The summed E-state index contributed by atoms with van der Waals surface area (Å²) in [6.07, 6.45) is -0.654. The number of methoxy groups -OCH3 is 1. The third kappa shape index (κ3) is 3.46. The zero-order valence-electron chi connectivity index (χ0n) is 11.1. The minimum atomic E-state index is -0.654. The zero-order valence-corrected chi connectivity index (χ0v) is 11.9. The molecule has 0 saturated carbocycles. The summed E-state index contributed by atoms with van der Waals surface area (Å²) in [5, 5.41) is 16.8. The van der Waals surface area contributed by atoms with E-state index in [9.17, 15) is 9.90 Å². The third-order valence-electron chi connectivity index (χ3n) is 2.53. The van der Waals surface area contributed by atoms with Crippen molar-refractivity contribution in [1.82, 2.24) is 4.98 Å². The van der Waals surface area contributed by atoms with Gasteiger partial charge in [-0.25, -0.2) is 9.78 Å². The molecule has 1 heterocycles. The molecule has 1 aromatic carbocycles. The number of aliphatic hydroxyl groups is 1. The SMILES string of the molecule is COc1ccccc1NC(=O)Nc1nc(C(C)O)cs1. The van der Waals surface area contributed by atoms with Gasteiger partial charge in [-0.2, -0.15) is 0 Å². The Hall–Kier alpha value is -2.12. The number of rotatable bonds is 4. The average Bonchev–Trinajstić information content (AvgIpc) is 2.88. The first-order valence-corrected chi connectivity index (χ1v) is 6.82. The van der Waals surface area contributed by atoms with E-state index in [1.807, 2.05) is 6.07 Å². The summed E-state index contributed by atoms with van der Waals surface area (Å²) in [4.78, 5) is 16.0. The van der Waals surface area contributed by atoms with Crippen molar-refractivity contribution in [2.45, 2.75) is 13.0 Å². The Morgan fingerprint density at radius 2 is 2.15 bits per heavy atom. The highest BCUT2D eigenvalue weighted by molar-refractivity contribution is 7.13. The number of aromatic nitrogens is 1. The molecule has 1 atom stereocenters. The summed E-state index contributed by atoms with van der Waals surface area (Å²) in [6, 6.07) is 6.69. The number of para-hydroxylation sites is 2. The second-order valence-electron chi connectivity index (χ2n) is 4.03. The zero-order chi connectivity index (χ0) is 14.5. The van der Waals surface area contributed by atoms with Crippen molar-refractivity contribution in [2.24, 2.45) is 0 Å². The van der Waals surface area contributed by atoms with Crippen LogP contribution in [0.25, 0.3) is 0 Å². The summed E-state index contributed by atoms with van der Waals surface area (Å²) in [6.45, 7) is 1.62. The van der Waals surface area contributed by atoms with Gasteiger partial charge < -0.3 is 15.2 Å². The van der Waals surface area contributed by atoms with Crippen LogP contribution in [0.1, 0.15) is 18.7 Å². The third-order valence-corrected chi connectivity index (χ3v) is 3.30. The summed E-state index contributed by atoms with van der Waals surface area (Å²) in [7, 11) is 1.54. The van der Waals surface area contributed by atoms with Gasteiger partial charge in [-0.15, -0.1) is 11.3 Å². The largest absolute Gasteiger partial charge is 0.495 e. The number of urea groups is 1. The number of nitrogens with one attached hydrogen (secondary N) is 2. The molecule has 2 aromatic rings. The van der Waals surface area contributed by atoms with Gasteiger partial charge in [0.1, 0.15) is 5.75 Å². The summed E-state index contributed by atoms with van der Waals surface area (Å²) in [5.41, 5.74) is 1.10. The van der Waals surface area contributed by atoms with Crippen LogP contribution in [0.4, 0.5) is 15.6 Å². The van der Waals surface area contributed by atoms with Gasteiger partial charge in [0.25, 0.3) is 0 Å². The number of thiazole rings is 1. The van der Waals surface area contributed by atoms with Gasteiger partial charge in [0.2, 0.25) is 0 Å². The summed E-state index contributed by atoms with van der Waals surface area (Å²) in [5.74, 6) is 0.575. The van der Waals surface area contributed by atoms with Crippen LogP contribution in [-0.4, -0.2) is 23.2 Å². The molecule has 1 unspecified atom stereocenters. The minimum absolute atomic E-state index is 0.416. The maximum absolute atomic E-state index is 11.9. The molecule has 106 valence electrons. The topological polar surface area (TPSA) is 83.5 Å². The first-order chi connectivity index (χ1) is 9.60. The molecule has 3 N–H and O–H groups in total. The standard InChI is InChI=1S/C13H15N3O3S/c1-8(17)10-7-20-13(15-10)16-12(18)14-9-5-3-4-6-11(9)19-2/h3-8,17H,1-2H3,(H2,14,15,16,18). The molecule has 0 aliphatic carbocycles. The lowest BCUT2D eigenvalue weighted by Crippen LogP contribution is -2.19. The Morgan fingerprint density at radius 1 is 1.40 bits per heavy atom. The fourth-order valence-corrected chi connectivity index (χ4v) is 2.33. The Morgan fingerprint density at radius 3 is 2.80 bits per heavy atom. The first kappa shape index (κ1) is 14.3. The smallest absolute Gasteiger partial charge is 0.325 e. The van der Waals surface area contributed by atoms with Crippen LogP contribution in [0.5, 0.6) is 5.75 Å². The highest BCUT2D eigenvalue weighted by Crippen LogP contribution is 2.24. The first-order valence-electron chi connectivity index (χ1n) is 5.94. The molecule has 0 fully saturated rings. The number of hydrogen-bond donors (Lipinski definition) is 3. The van der Waals surface area contributed by atoms with Gasteiger partial charge >= 0.3 is 6.03 Å². The van der Waals surface area contributed by atoms with Crippen molar-refractivity contribution < 1.29 is 14.6 Å². The Balaban J connectivity index is 2.01. The molecule has 2 rings (SSSR count). The maximum atomic E-state index is 11.9. The molecule has 1 aromatic heterocycles. The van der Waals surface area contributed by atoms with Gasteiger partial charge in [-0.3, -0.25) is 5.32 Å². The van der Waals surface area contributed by atoms with Crippen LogP contribution in [-0.2, 0) is 0 Å².